The molecule has 31 heavy (non-hydrogen) atoms. The fourth-order valence-electron chi connectivity index (χ4n) is 3.83. The molecule has 168 valence electrons. The van der Waals surface area contributed by atoms with Crippen LogP contribution in [0.4, 0.5) is 0 Å². The van der Waals surface area contributed by atoms with Crippen LogP contribution in [0.2, 0.25) is 0 Å². The molecule has 1 aliphatic rings. The standard InChI is InChI=1S/C25H34N2O4/c1-20-9-10-23(21(2)17-20)31-19-25(29-3)11-14-27(15-12-25)18-24(28)26-13-16-30-22-7-5-4-6-8-22/h4-10,17H,11-16,18-19H2,1-3H3,(H,26,28). The lowest BCUT2D eigenvalue weighted by atomic mass is 9.92. The fourth-order valence-corrected chi connectivity index (χ4v) is 3.83. The summed E-state index contributed by atoms with van der Waals surface area (Å²) >= 11 is 0. The van der Waals surface area contributed by atoms with Gasteiger partial charge in [0, 0.05) is 20.2 Å². The maximum atomic E-state index is 12.3. The summed E-state index contributed by atoms with van der Waals surface area (Å²) < 4.78 is 17.6. The zero-order chi connectivity index (χ0) is 22.1. The molecule has 0 bridgehead atoms. The predicted molar refractivity (Wildman–Crippen MR) is 122 cm³/mol. The molecule has 0 saturated carbocycles. The number of ether oxygens (including phenoxy) is 3. The summed E-state index contributed by atoms with van der Waals surface area (Å²) in [6, 6.07) is 15.8. The molecule has 2 aromatic carbocycles. The lowest BCUT2D eigenvalue weighted by Gasteiger charge is -2.40. The number of carbonyl (C=O) groups is 1. The van der Waals surface area contributed by atoms with Crippen LogP contribution in [0.25, 0.3) is 0 Å². The van der Waals surface area contributed by atoms with Crippen LogP contribution in [0.5, 0.6) is 11.5 Å². The Labute approximate surface area is 185 Å². The highest BCUT2D eigenvalue weighted by molar-refractivity contribution is 5.78. The first-order valence-electron chi connectivity index (χ1n) is 10.9. The summed E-state index contributed by atoms with van der Waals surface area (Å²) in [5.41, 5.74) is 2.05. The normalized spacial score (nSPS) is 16.0. The average Bonchev–Trinajstić information content (AvgIpc) is 2.78. The van der Waals surface area contributed by atoms with E-state index in [0.29, 0.717) is 26.3 Å². The smallest absolute Gasteiger partial charge is 0.234 e. The molecule has 0 aromatic heterocycles. The second-order valence-corrected chi connectivity index (χ2v) is 8.23. The minimum absolute atomic E-state index is 0.0214. The molecular weight excluding hydrogens is 392 g/mol. The van der Waals surface area contributed by atoms with Gasteiger partial charge in [-0.1, -0.05) is 35.9 Å². The van der Waals surface area contributed by atoms with Crippen molar-refractivity contribution in [1.82, 2.24) is 10.2 Å². The molecule has 1 fully saturated rings. The van der Waals surface area contributed by atoms with Gasteiger partial charge in [0.25, 0.3) is 0 Å². The van der Waals surface area contributed by atoms with Gasteiger partial charge in [-0.2, -0.15) is 0 Å². The summed E-state index contributed by atoms with van der Waals surface area (Å²) in [5.74, 6) is 1.74. The van der Waals surface area contributed by atoms with Crippen LogP contribution < -0.4 is 14.8 Å². The zero-order valence-electron chi connectivity index (χ0n) is 18.9. The van der Waals surface area contributed by atoms with E-state index < -0.39 is 0 Å². The molecule has 0 atom stereocenters. The summed E-state index contributed by atoms with van der Waals surface area (Å²) in [5, 5.41) is 2.93. The first kappa shape index (κ1) is 23.1. The number of hydrogen-bond donors (Lipinski definition) is 1. The van der Waals surface area contributed by atoms with Gasteiger partial charge in [-0.3, -0.25) is 9.69 Å². The van der Waals surface area contributed by atoms with Crippen LogP contribution >= 0.6 is 0 Å². The molecule has 1 N–H and O–H groups in total. The van der Waals surface area contributed by atoms with E-state index in [1.807, 2.05) is 36.4 Å². The van der Waals surface area contributed by atoms with E-state index in [4.69, 9.17) is 14.2 Å². The molecule has 2 aromatic rings. The highest BCUT2D eigenvalue weighted by Crippen LogP contribution is 2.28. The number of aryl methyl sites for hydroxylation is 2. The Kier molecular flexibility index (Phi) is 8.32. The van der Waals surface area contributed by atoms with Gasteiger partial charge in [-0.15, -0.1) is 0 Å². The maximum Gasteiger partial charge on any atom is 0.234 e. The molecule has 0 unspecified atom stereocenters. The number of nitrogens with zero attached hydrogens (tertiary/aromatic N) is 1. The molecule has 1 heterocycles. The molecule has 3 rings (SSSR count). The molecule has 6 nitrogen and oxygen atoms in total. The molecule has 1 aliphatic heterocycles. The van der Waals surface area contributed by atoms with Crippen molar-refractivity contribution in [3.63, 3.8) is 0 Å². The third-order valence-corrected chi connectivity index (χ3v) is 5.82. The summed E-state index contributed by atoms with van der Waals surface area (Å²) in [7, 11) is 1.75. The van der Waals surface area contributed by atoms with E-state index in [1.165, 1.54) is 5.56 Å². The lowest BCUT2D eigenvalue weighted by molar-refractivity contribution is -0.125. The fraction of sp³-hybridized carbons (Fsp3) is 0.480. The number of methoxy groups -OCH3 is 1. The van der Waals surface area contributed by atoms with Gasteiger partial charge >= 0.3 is 0 Å². The van der Waals surface area contributed by atoms with Gasteiger partial charge in [-0.05, 0) is 50.5 Å². The van der Waals surface area contributed by atoms with Crippen molar-refractivity contribution in [3.8, 4) is 11.5 Å². The van der Waals surface area contributed by atoms with E-state index in [9.17, 15) is 4.79 Å². The van der Waals surface area contributed by atoms with Crippen molar-refractivity contribution in [3.05, 3.63) is 59.7 Å². The summed E-state index contributed by atoms with van der Waals surface area (Å²) in [6.07, 6.45) is 1.66. The van der Waals surface area contributed by atoms with Crippen molar-refractivity contribution >= 4 is 5.91 Å². The number of piperidine rings is 1. The number of benzene rings is 2. The SMILES string of the molecule is COC1(COc2ccc(C)cc2C)CCN(CC(=O)NCCOc2ccccc2)CC1. The van der Waals surface area contributed by atoms with Crippen LogP contribution in [-0.2, 0) is 9.53 Å². The second kappa shape index (κ2) is 11.2. The molecule has 6 heteroatoms. The monoisotopic (exact) mass is 426 g/mol. The summed E-state index contributed by atoms with van der Waals surface area (Å²) in [4.78, 5) is 14.4. The zero-order valence-corrected chi connectivity index (χ0v) is 18.9. The van der Waals surface area contributed by atoms with Crippen LogP contribution in [-0.4, -0.2) is 62.9 Å². The van der Waals surface area contributed by atoms with Gasteiger partial charge in [0.1, 0.15) is 30.3 Å². The third-order valence-electron chi connectivity index (χ3n) is 5.82. The van der Waals surface area contributed by atoms with Gasteiger partial charge in [0.15, 0.2) is 0 Å². The Morgan fingerprint density at radius 3 is 2.48 bits per heavy atom. The van der Waals surface area contributed by atoms with Crippen molar-refractivity contribution in [1.29, 1.82) is 0 Å². The van der Waals surface area contributed by atoms with Gasteiger partial charge in [0.05, 0.1) is 13.1 Å². The third kappa shape index (κ3) is 6.97. The van der Waals surface area contributed by atoms with Crippen LogP contribution in [0.3, 0.4) is 0 Å². The number of likely N-dealkylation sites (tertiary alicyclic amines) is 1. The number of amides is 1. The van der Waals surface area contributed by atoms with E-state index in [-0.39, 0.29) is 11.5 Å². The Morgan fingerprint density at radius 2 is 1.81 bits per heavy atom. The first-order chi connectivity index (χ1) is 15.0. The molecule has 0 radical (unpaired) electrons. The first-order valence-corrected chi connectivity index (χ1v) is 10.9. The topological polar surface area (TPSA) is 60.0 Å². The number of carbonyl (C=O) groups excluding carboxylic acids is 1. The van der Waals surface area contributed by atoms with E-state index in [2.05, 4.69) is 36.2 Å². The molecule has 0 spiro atoms. The van der Waals surface area contributed by atoms with Gasteiger partial charge in [0.2, 0.25) is 5.91 Å². The number of para-hydroxylation sites is 1. The lowest BCUT2D eigenvalue weighted by Crippen LogP contribution is -2.51. The molecule has 1 amide bonds. The average molecular weight is 427 g/mol. The van der Waals surface area contributed by atoms with Crippen molar-refractivity contribution < 1.29 is 19.0 Å². The van der Waals surface area contributed by atoms with E-state index in [1.54, 1.807) is 7.11 Å². The van der Waals surface area contributed by atoms with Gasteiger partial charge < -0.3 is 19.5 Å². The minimum atomic E-state index is -0.312. The number of hydrogen-bond acceptors (Lipinski definition) is 5. The Balaban J connectivity index is 1.37. The van der Waals surface area contributed by atoms with E-state index >= 15 is 0 Å². The molecular formula is C25H34N2O4. The Morgan fingerprint density at radius 1 is 1.06 bits per heavy atom. The molecule has 1 saturated heterocycles. The van der Waals surface area contributed by atoms with Crippen molar-refractivity contribution in [2.24, 2.45) is 0 Å². The Hall–Kier alpha value is -2.57. The number of nitrogens with one attached hydrogen (secondary N) is 1. The van der Waals surface area contributed by atoms with Crippen molar-refractivity contribution in [2.75, 3.05) is 46.5 Å². The van der Waals surface area contributed by atoms with Gasteiger partial charge in [-0.25, -0.2) is 0 Å². The summed E-state index contributed by atoms with van der Waals surface area (Å²) in [6.45, 7) is 7.61. The Bertz CT molecular complexity index is 833. The highest BCUT2D eigenvalue weighted by atomic mass is 16.5. The second-order valence-electron chi connectivity index (χ2n) is 8.23. The van der Waals surface area contributed by atoms with Crippen LogP contribution in [0, 0.1) is 13.8 Å². The van der Waals surface area contributed by atoms with Crippen molar-refractivity contribution in [2.45, 2.75) is 32.3 Å². The van der Waals surface area contributed by atoms with E-state index in [0.717, 1.165) is 43.0 Å². The molecule has 0 aliphatic carbocycles. The minimum Gasteiger partial charge on any atom is -0.492 e. The highest BCUT2D eigenvalue weighted by Gasteiger charge is 2.36. The maximum absolute atomic E-state index is 12.3. The van der Waals surface area contributed by atoms with Crippen LogP contribution in [0.15, 0.2) is 48.5 Å². The number of rotatable bonds is 10. The quantitative estimate of drug-likeness (QED) is 0.591. The predicted octanol–water partition coefficient (Wildman–Crippen LogP) is 3.36. The largest absolute Gasteiger partial charge is 0.492 e. The van der Waals surface area contributed by atoms with Crippen LogP contribution in [0.1, 0.15) is 24.0 Å².